The number of hydrogen-bond acceptors (Lipinski definition) is 4. The van der Waals surface area contributed by atoms with Gasteiger partial charge in [-0.25, -0.2) is 8.42 Å². The summed E-state index contributed by atoms with van der Waals surface area (Å²) >= 11 is 5.87. The number of para-hydroxylation sites is 2. The van der Waals surface area contributed by atoms with Gasteiger partial charge in [-0.1, -0.05) is 23.7 Å². The molecule has 2 rings (SSSR count). The molecular formula is C20H25ClN2O4S. The van der Waals surface area contributed by atoms with Crippen LogP contribution in [0.5, 0.6) is 5.75 Å². The number of hydrogen-bond donors (Lipinski definition) is 1. The van der Waals surface area contributed by atoms with Crippen LogP contribution in [-0.4, -0.2) is 33.2 Å². The molecule has 0 saturated carbocycles. The molecule has 0 aromatic heterocycles. The smallest absolute Gasteiger partial charge is 0.232 e. The maximum absolute atomic E-state index is 12.3. The first-order chi connectivity index (χ1) is 13.2. The molecule has 0 unspecified atom stereocenters. The zero-order chi connectivity index (χ0) is 20.7. The van der Waals surface area contributed by atoms with E-state index in [1.165, 1.54) is 4.31 Å². The maximum Gasteiger partial charge on any atom is 0.232 e. The van der Waals surface area contributed by atoms with E-state index in [0.29, 0.717) is 28.6 Å². The second-order valence-electron chi connectivity index (χ2n) is 6.63. The quantitative estimate of drug-likeness (QED) is 0.650. The standard InChI is InChI=1S/C20H25ClN2O4S/c1-15(2)27-19-8-5-4-7-18(19)22-20(24)9-6-14-23(28(3,25)26)17-12-10-16(21)11-13-17/h4-5,7-8,10-13,15H,6,9,14H2,1-3H3,(H,22,24). The Labute approximate surface area is 171 Å². The largest absolute Gasteiger partial charge is 0.489 e. The number of nitrogens with one attached hydrogen (secondary N) is 1. The lowest BCUT2D eigenvalue weighted by atomic mass is 10.2. The molecule has 2 aromatic rings. The summed E-state index contributed by atoms with van der Waals surface area (Å²) in [5.41, 5.74) is 1.11. The zero-order valence-corrected chi connectivity index (χ0v) is 17.8. The van der Waals surface area contributed by atoms with Crippen molar-refractivity contribution in [1.82, 2.24) is 0 Å². The van der Waals surface area contributed by atoms with Crippen LogP contribution >= 0.6 is 11.6 Å². The van der Waals surface area contributed by atoms with Crippen molar-refractivity contribution in [1.29, 1.82) is 0 Å². The van der Waals surface area contributed by atoms with Gasteiger partial charge in [0.2, 0.25) is 15.9 Å². The lowest BCUT2D eigenvalue weighted by Crippen LogP contribution is -2.31. The van der Waals surface area contributed by atoms with Crippen molar-refractivity contribution in [2.45, 2.75) is 32.8 Å². The summed E-state index contributed by atoms with van der Waals surface area (Å²) in [7, 11) is -3.47. The van der Waals surface area contributed by atoms with E-state index >= 15 is 0 Å². The monoisotopic (exact) mass is 424 g/mol. The molecule has 0 aliphatic rings. The van der Waals surface area contributed by atoms with Crippen LogP contribution in [0.25, 0.3) is 0 Å². The van der Waals surface area contributed by atoms with Crippen molar-refractivity contribution < 1.29 is 17.9 Å². The number of halogens is 1. The highest BCUT2D eigenvalue weighted by Crippen LogP contribution is 2.25. The average Bonchev–Trinajstić information content (AvgIpc) is 2.60. The maximum atomic E-state index is 12.3. The first kappa shape index (κ1) is 22.0. The van der Waals surface area contributed by atoms with Crippen molar-refractivity contribution in [2.75, 3.05) is 22.4 Å². The van der Waals surface area contributed by atoms with E-state index in [-0.39, 0.29) is 25.0 Å². The summed E-state index contributed by atoms with van der Waals surface area (Å²) < 4.78 is 31.2. The molecule has 0 heterocycles. The Balaban J connectivity index is 1.97. The van der Waals surface area contributed by atoms with Crippen LogP contribution in [0.1, 0.15) is 26.7 Å². The summed E-state index contributed by atoms with van der Waals surface area (Å²) in [6, 6.07) is 13.8. The van der Waals surface area contributed by atoms with Crippen LogP contribution in [0.2, 0.25) is 5.02 Å². The minimum absolute atomic E-state index is 0.0132. The zero-order valence-electron chi connectivity index (χ0n) is 16.2. The van der Waals surface area contributed by atoms with Gasteiger partial charge in [0.25, 0.3) is 0 Å². The predicted molar refractivity (Wildman–Crippen MR) is 114 cm³/mol. The second kappa shape index (κ2) is 9.80. The second-order valence-corrected chi connectivity index (χ2v) is 8.97. The van der Waals surface area contributed by atoms with Crippen LogP contribution in [0.3, 0.4) is 0 Å². The third-order valence-electron chi connectivity index (χ3n) is 3.80. The SMILES string of the molecule is CC(C)Oc1ccccc1NC(=O)CCCN(c1ccc(Cl)cc1)S(C)(=O)=O. The van der Waals surface area contributed by atoms with Crippen molar-refractivity contribution in [3.63, 3.8) is 0 Å². The molecule has 2 aromatic carbocycles. The number of benzene rings is 2. The van der Waals surface area contributed by atoms with Crippen LogP contribution in [0.4, 0.5) is 11.4 Å². The molecule has 0 fully saturated rings. The Kier molecular flexibility index (Phi) is 7.71. The van der Waals surface area contributed by atoms with Crippen molar-refractivity contribution in [3.8, 4) is 5.75 Å². The van der Waals surface area contributed by atoms with Gasteiger partial charge in [-0.2, -0.15) is 0 Å². The molecule has 0 aliphatic carbocycles. The highest BCUT2D eigenvalue weighted by Gasteiger charge is 2.18. The third-order valence-corrected chi connectivity index (χ3v) is 5.25. The third kappa shape index (κ3) is 6.73. The van der Waals surface area contributed by atoms with E-state index in [0.717, 1.165) is 6.26 Å². The number of ether oxygens (including phenoxy) is 1. The van der Waals surface area contributed by atoms with E-state index < -0.39 is 10.0 Å². The molecule has 0 radical (unpaired) electrons. The Bertz CT molecular complexity index is 899. The lowest BCUT2D eigenvalue weighted by Gasteiger charge is -2.22. The van der Waals surface area contributed by atoms with Crippen molar-refractivity contribution in [2.24, 2.45) is 0 Å². The van der Waals surface area contributed by atoms with E-state index in [4.69, 9.17) is 16.3 Å². The van der Waals surface area contributed by atoms with Crippen LogP contribution in [-0.2, 0) is 14.8 Å². The van der Waals surface area contributed by atoms with Gasteiger partial charge in [0.1, 0.15) is 5.75 Å². The van der Waals surface area contributed by atoms with E-state index in [9.17, 15) is 13.2 Å². The van der Waals surface area contributed by atoms with E-state index in [1.807, 2.05) is 26.0 Å². The minimum Gasteiger partial charge on any atom is -0.489 e. The first-order valence-electron chi connectivity index (χ1n) is 8.95. The average molecular weight is 425 g/mol. The minimum atomic E-state index is -3.47. The molecule has 8 heteroatoms. The van der Waals surface area contributed by atoms with Crippen LogP contribution in [0, 0.1) is 0 Å². The fourth-order valence-corrected chi connectivity index (χ4v) is 3.71. The number of rotatable bonds is 9. The van der Waals surface area contributed by atoms with Gasteiger partial charge in [-0.3, -0.25) is 9.10 Å². The van der Waals surface area contributed by atoms with Gasteiger partial charge in [-0.15, -0.1) is 0 Å². The molecule has 0 saturated heterocycles. The van der Waals surface area contributed by atoms with Gasteiger partial charge in [0, 0.05) is 18.0 Å². The molecule has 0 atom stereocenters. The topological polar surface area (TPSA) is 75.7 Å². The molecular weight excluding hydrogens is 400 g/mol. The number of amides is 1. The summed E-state index contributed by atoms with van der Waals surface area (Å²) in [4.78, 5) is 12.3. The Hall–Kier alpha value is -2.25. The number of carbonyl (C=O) groups excluding carboxylic acids is 1. The van der Waals surface area contributed by atoms with Crippen molar-refractivity contribution >= 4 is 38.9 Å². The predicted octanol–water partition coefficient (Wildman–Crippen LogP) is 4.31. The van der Waals surface area contributed by atoms with Gasteiger partial charge < -0.3 is 10.1 Å². The highest BCUT2D eigenvalue weighted by molar-refractivity contribution is 7.92. The Morgan fingerprint density at radius 3 is 2.39 bits per heavy atom. The van der Waals surface area contributed by atoms with Crippen LogP contribution < -0.4 is 14.4 Å². The number of anilines is 2. The van der Waals surface area contributed by atoms with Crippen LogP contribution in [0.15, 0.2) is 48.5 Å². The number of sulfonamides is 1. The van der Waals surface area contributed by atoms with Gasteiger partial charge in [-0.05, 0) is 56.7 Å². The summed E-state index contributed by atoms with van der Waals surface area (Å²) in [6.45, 7) is 4.02. The van der Waals surface area contributed by atoms with E-state index in [2.05, 4.69) is 5.32 Å². The fourth-order valence-electron chi connectivity index (χ4n) is 2.62. The summed E-state index contributed by atoms with van der Waals surface area (Å²) in [5, 5.41) is 3.35. The molecule has 0 spiro atoms. The van der Waals surface area contributed by atoms with Gasteiger partial charge >= 0.3 is 0 Å². The molecule has 6 nitrogen and oxygen atoms in total. The highest BCUT2D eigenvalue weighted by atomic mass is 35.5. The fraction of sp³-hybridized carbons (Fsp3) is 0.350. The van der Waals surface area contributed by atoms with Gasteiger partial charge in [0.05, 0.1) is 23.7 Å². The summed E-state index contributed by atoms with van der Waals surface area (Å²) in [6.07, 6.45) is 1.67. The van der Waals surface area contributed by atoms with Gasteiger partial charge in [0.15, 0.2) is 0 Å². The molecule has 1 N–H and O–H groups in total. The first-order valence-corrected chi connectivity index (χ1v) is 11.2. The molecule has 0 aliphatic heterocycles. The normalized spacial score (nSPS) is 11.3. The summed E-state index contributed by atoms with van der Waals surface area (Å²) in [5.74, 6) is 0.397. The number of nitrogens with zero attached hydrogens (tertiary/aromatic N) is 1. The molecule has 0 bridgehead atoms. The van der Waals surface area contributed by atoms with Crippen molar-refractivity contribution in [3.05, 3.63) is 53.6 Å². The Morgan fingerprint density at radius 2 is 1.79 bits per heavy atom. The van der Waals surface area contributed by atoms with E-state index in [1.54, 1.807) is 36.4 Å². The number of carbonyl (C=O) groups is 1. The molecule has 1 amide bonds. The molecule has 28 heavy (non-hydrogen) atoms. The molecule has 152 valence electrons. The Morgan fingerprint density at radius 1 is 1.14 bits per heavy atom. The lowest BCUT2D eigenvalue weighted by molar-refractivity contribution is -0.116.